The van der Waals surface area contributed by atoms with Crippen molar-refractivity contribution in [2.24, 2.45) is 10.2 Å². The second-order valence-electron chi connectivity index (χ2n) is 23.2. The van der Waals surface area contributed by atoms with Crippen LogP contribution >= 0.6 is 0 Å². The van der Waals surface area contributed by atoms with Crippen molar-refractivity contribution in [2.75, 3.05) is 0 Å². The average Bonchev–Trinajstić information content (AvgIpc) is 4.18. The quantitative estimate of drug-likeness (QED) is 0.0884. The summed E-state index contributed by atoms with van der Waals surface area (Å²) in [6.45, 7) is 26.7. The van der Waals surface area contributed by atoms with Crippen LogP contribution in [0.25, 0.3) is 112 Å². The lowest BCUT2D eigenvalue weighted by molar-refractivity contribution is 0.588. The summed E-state index contributed by atoms with van der Waals surface area (Å²) < 4.78 is 0. The van der Waals surface area contributed by atoms with Gasteiger partial charge in [0.1, 0.15) is 0 Å². The number of aromatic nitrogens is 4. The number of benzene rings is 4. The van der Waals surface area contributed by atoms with E-state index in [-0.39, 0.29) is 34.7 Å². The molecule has 0 amide bonds. The van der Waals surface area contributed by atoms with Gasteiger partial charge in [0.25, 0.3) is 0 Å². The lowest BCUT2D eigenvalue weighted by Gasteiger charge is -2.24. The van der Waals surface area contributed by atoms with Crippen LogP contribution in [0, 0.1) is 0 Å². The first-order valence-corrected chi connectivity index (χ1v) is 24.8. The topological polar surface area (TPSA) is 155 Å². The third-order valence-electron chi connectivity index (χ3n) is 13.9. The van der Waals surface area contributed by atoms with Crippen LogP contribution in [0.5, 0.6) is 0 Å². The fraction of sp³-hybridized carbons (Fsp3) is 0.290. The Kier molecular flexibility index (Phi) is 12.7. The SMILES string of the molecule is CC(C)(C)c1ccc(-c2c3nc(c(-c4ccc(C(C)(C)C)cc4)c4ccc([nH]4)c(-c4c(CN=[N+]=[N-])cc(C(C)(C)C)cc4CN=[N+]=[N-])c4nc(c(-c5ccc(C(C)(C)C)cc5)c5ccc2[nH]5)C=C4)C=C3)cc1. The predicted molar refractivity (Wildman–Crippen MR) is 301 cm³/mol. The van der Waals surface area contributed by atoms with Gasteiger partial charge < -0.3 is 9.97 Å². The summed E-state index contributed by atoms with van der Waals surface area (Å²) >= 11 is 0. The molecule has 0 fully saturated rings. The fourth-order valence-corrected chi connectivity index (χ4v) is 9.78. The number of hydrogen-bond acceptors (Lipinski definition) is 4. The lowest BCUT2D eigenvalue weighted by atomic mass is 9.81. The number of aromatic amines is 2. The molecule has 0 radical (unpaired) electrons. The van der Waals surface area contributed by atoms with Gasteiger partial charge >= 0.3 is 0 Å². The molecule has 10 heteroatoms. The van der Waals surface area contributed by atoms with Crippen LogP contribution < -0.4 is 0 Å². The van der Waals surface area contributed by atoms with E-state index in [4.69, 9.17) is 9.97 Å². The maximum Gasteiger partial charge on any atom is 0.0737 e. The Balaban J connectivity index is 1.48. The summed E-state index contributed by atoms with van der Waals surface area (Å²) in [6.07, 6.45) is 8.41. The zero-order valence-corrected chi connectivity index (χ0v) is 43.7. The average molecular weight is 949 g/mol. The summed E-state index contributed by atoms with van der Waals surface area (Å²) in [7, 11) is 0. The van der Waals surface area contributed by atoms with E-state index < -0.39 is 0 Å². The molecule has 0 unspecified atom stereocenters. The molecule has 72 heavy (non-hydrogen) atoms. The van der Waals surface area contributed by atoms with Gasteiger partial charge in [0.15, 0.2) is 0 Å². The van der Waals surface area contributed by atoms with Crippen molar-refractivity contribution in [1.82, 2.24) is 19.9 Å². The summed E-state index contributed by atoms with van der Waals surface area (Å²) in [6, 6.07) is 39.3. The molecule has 2 aliphatic rings. The highest BCUT2D eigenvalue weighted by molar-refractivity contribution is 6.00. The summed E-state index contributed by atoms with van der Waals surface area (Å²) in [5.41, 5.74) is 39.6. The van der Waals surface area contributed by atoms with Crippen molar-refractivity contribution in [3.05, 3.63) is 186 Å². The first kappa shape index (κ1) is 49.1. The van der Waals surface area contributed by atoms with Crippen LogP contribution in [0.15, 0.2) is 119 Å². The Bertz CT molecular complexity index is 3480. The van der Waals surface area contributed by atoms with E-state index in [2.05, 4.69) is 247 Å². The zero-order chi connectivity index (χ0) is 51.3. The Labute approximate surface area is 423 Å². The minimum atomic E-state index is -0.266. The number of rotatable bonds is 8. The molecule has 0 saturated heterocycles. The van der Waals surface area contributed by atoms with Gasteiger partial charge in [-0.2, -0.15) is 0 Å². The number of fused-ring (bicyclic) bond motifs is 8. The van der Waals surface area contributed by atoms with E-state index in [1.165, 1.54) is 16.7 Å². The smallest absolute Gasteiger partial charge is 0.0737 e. The van der Waals surface area contributed by atoms with Crippen molar-refractivity contribution < 1.29 is 0 Å². The molecule has 0 spiro atoms. The molecule has 5 heterocycles. The molecule has 0 aliphatic carbocycles. The summed E-state index contributed by atoms with van der Waals surface area (Å²) in [5, 5.41) is 8.29. The highest BCUT2D eigenvalue weighted by atomic mass is 15.1. The molecule has 7 aromatic rings. The Morgan fingerprint density at radius 3 is 0.931 bits per heavy atom. The minimum absolute atomic E-state index is 0.0143. The second-order valence-corrected chi connectivity index (χ2v) is 23.2. The molecular weight excluding hydrogens is 885 g/mol. The molecule has 362 valence electrons. The monoisotopic (exact) mass is 949 g/mol. The molecule has 10 nitrogen and oxygen atoms in total. The second kappa shape index (κ2) is 18.7. The van der Waals surface area contributed by atoms with Crippen molar-refractivity contribution >= 4 is 46.4 Å². The maximum absolute atomic E-state index is 9.78. The van der Waals surface area contributed by atoms with Crippen LogP contribution in [0.2, 0.25) is 0 Å². The van der Waals surface area contributed by atoms with Gasteiger partial charge in [-0.25, -0.2) is 9.97 Å². The minimum Gasteiger partial charge on any atom is -0.354 e. The van der Waals surface area contributed by atoms with E-state index in [9.17, 15) is 11.1 Å². The number of nitrogens with one attached hydrogen (secondary N) is 2. The maximum atomic E-state index is 9.78. The van der Waals surface area contributed by atoms with Crippen molar-refractivity contribution in [2.45, 2.75) is 118 Å². The van der Waals surface area contributed by atoms with E-state index in [1.807, 2.05) is 0 Å². The number of hydrogen-bond donors (Lipinski definition) is 2. The van der Waals surface area contributed by atoms with Crippen LogP contribution in [-0.4, -0.2) is 19.9 Å². The van der Waals surface area contributed by atoms with Gasteiger partial charge in [0.05, 0.1) is 35.9 Å². The molecule has 2 aliphatic heterocycles. The molecule has 4 aromatic carbocycles. The van der Waals surface area contributed by atoms with Gasteiger partial charge in [0, 0.05) is 54.1 Å². The highest BCUT2D eigenvalue weighted by Gasteiger charge is 2.25. The third-order valence-corrected chi connectivity index (χ3v) is 13.9. The van der Waals surface area contributed by atoms with Crippen molar-refractivity contribution in [3.63, 3.8) is 0 Å². The van der Waals surface area contributed by atoms with Crippen LogP contribution in [0.3, 0.4) is 0 Å². The third kappa shape index (κ3) is 9.76. The zero-order valence-electron chi connectivity index (χ0n) is 43.7. The van der Waals surface area contributed by atoms with Gasteiger partial charge in [-0.1, -0.05) is 178 Å². The largest absolute Gasteiger partial charge is 0.354 e. The number of nitrogens with zero attached hydrogens (tertiary/aromatic N) is 8. The fourth-order valence-electron chi connectivity index (χ4n) is 9.78. The van der Waals surface area contributed by atoms with Gasteiger partial charge in [-0.15, -0.1) is 0 Å². The Morgan fingerprint density at radius 2 is 0.653 bits per heavy atom. The molecule has 3 aromatic heterocycles. The molecule has 9 rings (SSSR count). The highest BCUT2D eigenvalue weighted by Crippen LogP contribution is 2.43. The lowest BCUT2D eigenvalue weighted by Crippen LogP contribution is -2.13. The van der Waals surface area contributed by atoms with Gasteiger partial charge in [-0.05, 0) is 137 Å². The van der Waals surface area contributed by atoms with E-state index in [1.54, 1.807) is 0 Å². The van der Waals surface area contributed by atoms with Gasteiger partial charge in [0.2, 0.25) is 0 Å². The van der Waals surface area contributed by atoms with E-state index in [0.29, 0.717) is 5.69 Å². The summed E-state index contributed by atoms with van der Waals surface area (Å²) in [4.78, 5) is 25.4. The van der Waals surface area contributed by atoms with Crippen molar-refractivity contribution in [3.8, 4) is 44.5 Å². The Morgan fingerprint density at radius 1 is 0.375 bits per heavy atom. The predicted octanol–water partition coefficient (Wildman–Crippen LogP) is 18.1. The summed E-state index contributed by atoms with van der Waals surface area (Å²) in [5.74, 6) is 0. The molecule has 8 bridgehead atoms. The number of azide groups is 2. The molecule has 0 saturated carbocycles. The molecular formula is C62H64N10. The number of H-pyrrole nitrogens is 2. The first-order chi connectivity index (χ1) is 34.1. The van der Waals surface area contributed by atoms with E-state index in [0.717, 1.165) is 100 Å². The van der Waals surface area contributed by atoms with Crippen LogP contribution in [0.1, 0.15) is 139 Å². The van der Waals surface area contributed by atoms with Crippen LogP contribution in [-0.2, 0) is 34.7 Å². The standard InChI is InChI=1S/C62H64N10/c1-59(2,3)42-19-13-37(14-20-42)55-46-25-27-48(67-46)56(38-15-21-43(22-16-38)60(4,5)6)50-29-31-52(69-50)58(54-40(35-65-71-63)33-45(62(10,11)12)34-41(54)36-66-72-64)53-32-30-51(70-53)57(49-28-26-47(55)68-49)39-17-23-44(24-18-39)61(7,8)9/h13-34,67,70H,35-36H2,1-12H3. The molecule has 0 atom stereocenters. The first-order valence-electron chi connectivity index (χ1n) is 24.8. The van der Waals surface area contributed by atoms with E-state index >= 15 is 0 Å². The molecule has 2 N–H and O–H groups in total. The van der Waals surface area contributed by atoms with Gasteiger partial charge in [-0.3, -0.25) is 0 Å². The van der Waals surface area contributed by atoms with Crippen molar-refractivity contribution in [1.29, 1.82) is 0 Å². The Hall–Kier alpha value is -7.90. The normalized spacial score (nSPS) is 12.7. The van der Waals surface area contributed by atoms with Crippen LogP contribution in [0.4, 0.5) is 0 Å².